The first-order chi connectivity index (χ1) is 13.4. The molecule has 28 heavy (non-hydrogen) atoms. The van der Waals surface area contributed by atoms with Crippen LogP contribution in [0.2, 0.25) is 0 Å². The predicted octanol–water partition coefficient (Wildman–Crippen LogP) is 1.91. The number of amides is 2. The number of benzene rings is 1. The van der Waals surface area contributed by atoms with Gasteiger partial charge in [-0.1, -0.05) is 18.2 Å². The highest BCUT2D eigenvalue weighted by atomic mass is 32.2. The number of sulfone groups is 1. The zero-order chi connectivity index (χ0) is 20.3. The third kappa shape index (κ3) is 4.06. The Bertz CT molecular complexity index is 970. The van der Waals surface area contributed by atoms with E-state index in [0.29, 0.717) is 24.0 Å². The Kier molecular flexibility index (Phi) is 6.07. The quantitative estimate of drug-likeness (QED) is 0.705. The van der Waals surface area contributed by atoms with Crippen LogP contribution < -0.4 is 0 Å². The van der Waals surface area contributed by atoms with Gasteiger partial charge >= 0.3 is 0 Å². The molecule has 0 saturated carbocycles. The fourth-order valence-electron chi connectivity index (χ4n) is 3.71. The van der Waals surface area contributed by atoms with E-state index < -0.39 is 21.5 Å². The Morgan fingerprint density at radius 2 is 1.71 bits per heavy atom. The van der Waals surface area contributed by atoms with Gasteiger partial charge in [-0.05, 0) is 32.8 Å². The SMILES string of the molecule is CCN(CC)C(=O)CS(=O)(=O)c1cn(CC(=O)N2CCCC2)c2ccccc12. The van der Waals surface area contributed by atoms with Crippen molar-refractivity contribution in [3.8, 4) is 0 Å². The lowest BCUT2D eigenvalue weighted by Crippen LogP contribution is -2.35. The van der Waals surface area contributed by atoms with E-state index >= 15 is 0 Å². The molecule has 8 heteroatoms. The van der Waals surface area contributed by atoms with E-state index in [-0.39, 0.29) is 17.3 Å². The molecule has 0 aliphatic carbocycles. The van der Waals surface area contributed by atoms with Crippen LogP contribution in [-0.4, -0.2) is 66.5 Å². The van der Waals surface area contributed by atoms with Crippen molar-refractivity contribution in [1.82, 2.24) is 14.4 Å². The van der Waals surface area contributed by atoms with Crippen LogP contribution in [0.1, 0.15) is 26.7 Å². The second-order valence-electron chi connectivity index (χ2n) is 7.05. The molecule has 1 saturated heterocycles. The van der Waals surface area contributed by atoms with Crippen molar-refractivity contribution in [2.24, 2.45) is 0 Å². The van der Waals surface area contributed by atoms with Gasteiger partial charge in [-0.2, -0.15) is 0 Å². The average Bonchev–Trinajstić information content (AvgIpc) is 3.31. The fraction of sp³-hybridized carbons (Fsp3) is 0.500. The van der Waals surface area contributed by atoms with Crippen LogP contribution in [0.25, 0.3) is 10.9 Å². The molecular weight excluding hydrogens is 378 g/mol. The summed E-state index contributed by atoms with van der Waals surface area (Å²) in [5, 5.41) is 0.545. The molecule has 7 nitrogen and oxygen atoms in total. The number of carbonyl (C=O) groups is 2. The van der Waals surface area contributed by atoms with Crippen LogP contribution in [0.3, 0.4) is 0 Å². The van der Waals surface area contributed by atoms with E-state index in [1.54, 1.807) is 22.8 Å². The molecule has 1 aromatic heterocycles. The number of hydrogen-bond donors (Lipinski definition) is 0. The van der Waals surface area contributed by atoms with Gasteiger partial charge in [-0.3, -0.25) is 9.59 Å². The van der Waals surface area contributed by atoms with Crippen molar-refractivity contribution in [3.63, 3.8) is 0 Å². The van der Waals surface area contributed by atoms with Crippen molar-refractivity contribution in [3.05, 3.63) is 30.5 Å². The van der Waals surface area contributed by atoms with Crippen molar-refractivity contribution in [2.75, 3.05) is 31.9 Å². The minimum atomic E-state index is -3.82. The number of nitrogens with zero attached hydrogens (tertiary/aromatic N) is 3. The van der Waals surface area contributed by atoms with Gasteiger partial charge in [-0.15, -0.1) is 0 Å². The molecule has 2 heterocycles. The van der Waals surface area contributed by atoms with Gasteiger partial charge in [0.15, 0.2) is 9.84 Å². The first kappa shape index (κ1) is 20.4. The standard InChI is InChI=1S/C20H27N3O4S/c1-3-21(4-2)20(25)15-28(26,27)18-13-23(17-10-6-5-9-16(17)18)14-19(24)22-11-7-8-12-22/h5-6,9-10,13H,3-4,7-8,11-12,14-15H2,1-2H3. The molecule has 2 amide bonds. The Balaban J connectivity index is 1.93. The molecule has 1 aromatic carbocycles. The Labute approximate surface area is 165 Å². The van der Waals surface area contributed by atoms with Crippen LogP contribution in [-0.2, 0) is 26.0 Å². The summed E-state index contributed by atoms with van der Waals surface area (Å²) < 4.78 is 27.7. The summed E-state index contributed by atoms with van der Waals surface area (Å²) in [6.45, 7) is 6.19. The number of para-hydroxylation sites is 1. The molecule has 0 spiro atoms. The smallest absolute Gasteiger partial charge is 0.242 e. The second kappa shape index (κ2) is 8.34. The number of likely N-dealkylation sites (tertiary alicyclic amines) is 1. The zero-order valence-electron chi connectivity index (χ0n) is 16.4. The summed E-state index contributed by atoms with van der Waals surface area (Å²) in [5.41, 5.74) is 0.684. The van der Waals surface area contributed by atoms with Gasteiger partial charge in [0.2, 0.25) is 11.8 Å². The van der Waals surface area contributed by atoms with E-state index in [1.807, 2.05) is 24.8 Å². The summed E-state index contributed by atoms with van der Waals surface area (Å²) in [5.74, 6) is -0.987. The lowest BCUT2D eigenvalue weighted by atomic mass is 10.2. The predicted molar refractivity (Wildman–Crippen MR) is 108 cm³/mol. The second-order valence-corrected chi connectivity index (χ2v) is 9.01. The molecule has 0 bridgehead atoms. The molecule has 1 fully saturated rings. The number of aromatic nitrogens is 1. The van der Waals surface area contributed by atoms with E-state index in [2.05, 4.69) is 0 Å². The highest BCUT2D eigenvalue weighted by Gasteiger charge is 2.27. The average molecular weight is 406 g/mol. The zero-order valence-corrected chi connectivity index (χ0v) is 17.2. The van der Waals surface area contributed by atoms with Gasteiger partial charge in [0, 0.05) is 43.3 Å². The van der Waals surface area contributed by atoms with E-state index in [1.165, 1.54) is 11.1 Å². The normalized spacial score (nSPS) is 14.6. The largest absolute Gasteiger partial charge is 0.342 e. The van der Waals surface area contributed by atoms with Gasteiger partial charge in [-0.25, -0.2) is 8.42 Å². The first-order valence-corrected chi connectivity index (χ1v) is 11.4. The minimum Gasteiger partial charge on any atom is -0.342 e. The third-order valence-electron chi connectivity index (χ3n) is 5.28. The van der Waals surface area contributed by atoms with Crippen molar-refractivity contribution < 1.29 is 18.0 Å². The molecule has 1 aliphatic heterocycles. The molecule has 0 unspecified atom stereocenters. The van der Waals surface area contributed by atoms with Gasteiger partial charge < -0.3 is 14.4 Å². The molecule has 3 rings (SSSR count). The van der Waals surface area contributed by atoms with Crippen molar-refractivity contribution in [1.29, 1.82) is 0 Å². The lowest BCUT2D eigenvalue weighted by Gasteiger charge is -2.18. The lowest BCUT2D eigenvalue weighted by molar-refractivity contribution is -0.130. The highest BCUT2D eigenvalue weighted by Crippen LogP contribution is 2.27. The number of hydrogen-bond acceptors (Lipinski definition) is 4. The van der Waals surface area contributed by atoms with Gasteiger partial charge in [0.05, 0.1) is 4.90 Å². The van der Waals surface area contributed by atoms with Crippen LogP contribution in [0, 0.1) is 0 Å². The van der Waals surface area contributed by atoms with E-state index in [4.69, 9.17) is 0 Å². The summed E-state index contributed by atoms with van der Waals surface area (Å²) in [6.07, 6.45) is 3.51. The number of rotatable bonds is 7. The topological polar surface area (TPSA) is 79.7 Å². The fourth-order valence-corrected chi connectivity index (χ4v) is 5.17. The van der Waals surface area contributed by atoms with Crippen LogP contribution in [0.5, 0.6) is 0 Å². The highest BCUT2D eigenvalue weighted by molar-refractivity contribution is 7.92. The molecule has 0 radical (unpaired) electrons. The Hall–Kier alpha value is -2.35. The summed E-state index contributed by atoms with van der Waals surface area (Å²) in [7, 11) is -3.82. The van der Waals surface area contributed by atoms with Crippen molar-refractivity contribution in [2.45, 2.75) is 38.1 Å². The molecule has 1 aliphatic rings. The molecular formula is C20H27N3O4S. The minimum absolute atomic E-state index is 0.0126. The first-order valence-electron chi connectivity index (χ1n) is 9.73. The molecule has 152 valence electrons. The van der Waals surface area contributed by atoms with Crippen LogP contribution >= 0.6 is 0 Å². The maximum atomic E-state index is 13.0. The maximum Gasteiger partial charge on any atom is 0.242 e. The summed E-state index contributed by atoms with van der Waals surface area (Å²) in [4.78, 5) is 28.4. The van der Waals surface area contributed by atoms with Gasteiger partial charge in [0.25, 0.3) is 0 Å². The number of fused-ring (bicyclic) bond motifs is 1. The van der Waals surface area contributed by atoms with Crippen LogP contribution in [0.4, 0.5) is 0 Å². The monoisotopic (exact) mass is 405 g/mol. The summed E-state index contributed by atoms with van der Waals surface area (Å²) in [6, 6.07) is 7.11. The van der Waals surface area contributed by atoms with Crippen molar-refractivity contribution >= 4 is 32.6 Å². The van der Waals surface area contributed by atoms with E-state index in [9.17, 15) is 18.0 Å². The molecule has 0 atom stereocenters. The van der Waals surface area contributed by atoms with Crippen LogP contribution in [0.15, 0.2) is 35.4 Å². The third-order valence-corrected chi connectivity index (χ3v) is 6.90. The molecule has 2 aromatic rings. The Morgan fingerprint density at radius 3 is 2.36 bits per heavy atom. The van der Waals surface area contributed by atoms with E-state index in [0.717, 1.165) is 25.9 Å². The Morgan fingerprint density at radius 1 is 1.07 bits per heavy atom. The van der Waals surface area contributed by atoms with Gasteiger partial charge in [0.1, 0.15) is 12.3 Å². The maximum absolute atomic E-state index is 13.0. The molecule has 0 N–H and O–H groups in total. The summed E-state index contributed by atoms with van der Waals surface area (Å²) >= 11 is 0. The number of carbonyl (C=O) groups excluding carboxylic acids is 2.